The van der Waals surface area contributed by atoms with Crippen LogP contribution in [0, 0.1) is 0 Å². The predicted octanol–water partition coefficient (Wildman–Crippen LogP) is 3.62. The Kier molecular flexibility index (Phi) is 7.89. The third-order valence-electron chi connectivity index (χ3n) is 4.77. The average molecular weight is 479 g/mol. The first-order valence-corrected chi connectivity index (χ1v) is 12.3. The summed E-state index contributed by atoms with van der Waals surface area (Å²) in [7, 11) is 0. The molecule has 1 unspecified atom stereocenters. The molecule has 2 aromatic rings. The van der Waals surface area contributed by atoms with Crippen molar-refractivity contribution < 1.29 is 19.1 Å². The fraction of sp³-hybridized carbons (Fsp3) is 0.545. The monoisotopic (exact) mass is 478 g/mol. The Hall–Kier alpha value is -2.46. The number of thiophene rings is 1. The van der Waals surface area contributed by atoms with Crippen LogP contribution in [0.1, 0.15) is 49.6 Å². The highest BCUT2D eigenvalue weighted by Crippen LogP contribution is 2.22. The number of carbonyl (C=O) groups excluding carboxylic acids is 3. The number of rotatable bonds is 7. The van der Waals surface area contributed by atoms with E-state index in [1.165, 1.54) is 23.1 Å². The second-order valence-corrected chi connectivity index (χ2v) is 11.0. The number of likely N-dealkylation sites (tertiary alicyclic amines) is 1. The number of ether oxygens (including phenoxy) is 1. The number of thiazole rings is 1. The predicted molar refractivity (Wildman–Crippen MR) is 126 cm³/mol. The van der Waals surface area contributed by atoms with Crippen LogP contribution in [0.2, 0.25) is 0 Å². The Balaban J connectivity index is 1.43. The second-order valence-electron chi connectivity index (χ2n) is 8.84. The molecule has 0 saturated carbocycles. The third-order valence-corrected chi connectivity index (χ3v) is 6.72. The normalized spacial score (nSPS) is 16.1. The molecule has 8 nitrogen and oxygen atoms in total. The van der Waals surface area contributed by atoms with Gasteiger partial charge in [0.2, 0.25) is 11.8 Å². The van der Waals surface area contributed by atoms with E-state index in [4.69, 9.17) is 4.74 Å². The molecule has 1 saturated heterocycles. The Bertz CT molecular complexity index is 963. The number of hydrogen-bond acceptors (Lipinski definition) is 7. The Morgan fingerprint density at radius 3 is 2.69 bits per heavy atom. The van der Waals surface area contributed by atoms with Crippen LogP contribution in [-0.4, -0.2) is 52.5 Å². The molecule has 0 aliphatic carbocycles. The first-order chi connectivity index (χ1) is 15.1. The van der Waals surface area contributed by atoms with E-state index in [9.17, 15) is 14.4 Å². The Morgan fingerprint density at radius 2 is 1.97 bits per heavy atom. The zero-order valence-corrected chi connectivity index (χ0v) is 20.5. The summed E-state index contributed by atoms with van der Waals surface area (Å²) < 4.78 is 5.29. The van der Waals surface area contributed by atoms with Crippen molar-refractivity contribution in [2.75, 3.05) is 18.4 Å². The van der Waals surface area contributed by atoms with Gasteiger partial charge in [0.25, 0.3) is 0 Å². The van der Waals surface area contributed by atoms with Gasteiger partial charge in [-0.05, 0) is 52.2 Å². The lowest BCUT2D eigenvalue weighted by atomic mass is 10.2. The van der Waals surface area contributed by atoms with Gasteiger partial charge in [0.05, 0.1) is 18.2 Å². The minimum Gasteiger partial charge on any atom is -0.444 e. The van der Waals surface area contributed by atoms with Crippen LogP contribution in [0.4, 0.5) is 9.93 Å². The Labute approximate surface area is 196 Å². The van der Waals surface area contributed by atoms with Gasteiger partial charge in [-0.1, -0.05) is 0 Å². The van der Waals surface area contributed by atoms with E-state index in [1.807, 2.05) is 32.2 Å². The molecule has 0 radical (unpaired) electrons. The quantitative estimate of drug-likeness (QED) is 0.633. The molecule has 10 heteroatoms. The van der Waals surface area contributed by atoms with Gasteiger partial charge in [-0.15, -0.1) is 22.7 Å². The number of aryl methyl sites for hydroxylation is 2. The van der Waals surface area contributed by atoms with Gasteiger partial charge in [0.1, 0.15) is 5.60 Å². The lowest BCUT2D eigenvalue weighted by Crippen LogP contribution is -2.41. The first-order valence-electron chi connectivity index (χ1n) is 10.6. The number of carbonyl (C=O) groups is 3. The van der Waals surface area contributed by atoms with Crippen LogP contribution in [0.3, 0.4) is 0 Å². The molecule has 2 N–H and O–H groups in total. The molecule has 2 aromatic heterocycles. The second kappa shape index (κ2) is 10.4. The van der Waals surface area contributed by atoms with E-state index >= 15 is 0 Å². The van der Waals surface area contributed by atoms with Crippen LogP contribution in [0.5, 0.6) is 0 Å². The van der Waals surface area contributed by atoms with E-state index in [1.54, 1.807) is 16.2 Å². The maximum atomic E-state index is 12.7. The summed E-state index contributed by atoms with van der Waals surface area (Å²) in [6.45, 7) is 8.09. The van der Waals surface area contributed by atoms with E-state index in [0.717, 1.165) is 29.8 Å². The highest BCUT2D eigenvalue weighted by atomic mass is 32.1. The molecule has 3 rings (SSSR count). The smallest absolute Gasteiger partial charge is 0.407 e. The molecule has 1 atom stereocenters. The van der Waals surface area contributed by atoms with Crippen molar-refractivity contribution in [3.8, 4) is 0 Å². The molecule has 0 aromatic carbocycles. The molecule has 0 spiro atoms. The van der Waals surface area contributed by atoms with Gasteiger partial charge in [-0.25, -0.2) is 9.78 Å². The first kappa shape index (κ1) is 24.2. The SMILES string of the molecule is CC(=O)Nc1nc(CCc2ccc(CC(=O)N3CCC(NC(=O)OC(C)(C)C)C3)s2)cs1. The molecule has 3 heterocycles. The summed E-state index contributed by atoms with van der Waals surface area (Å²) in [5.74, 6) is -0.0465. The highest BCUT2D eigenvalue weighted by Gasteiger charge is 2.29. The molecule has 3 amide bonds. The lowest BCUT2D eigenvalue weighted by Gasteiger charge is -2.22. The van der Waals surface area contributed by atoms with E-state index in [-0.39, 0.29) is 17.9 Å². The standard InChI is InChI=1S/C22H30N4O4S2/c1-14(27)23-20-24-16(13-31-20)5-6-17-7-8-18(32-17)11-19(28)26-10-9-15(12-26)25-21(29)30-22(2,3)4/h7-8,13,15H,5-6,9-12H2,1-4H3,(H,25,29)(H,23,24,27). The molecular formula is C22H30N4O4S2. The number of amides is 3. The maximum Gasteiger partial charge on any atom is 0.407 e. The van der Waals surface area contributed by atoms with Gasteiger partial charge >= 0.3 is 6.09 Å². The van der Waals surface area contributed by atoms with E-state index in [0.29, 0.717) is 24.6 Å². The van der Waals surface area contributed by atoms with Gasteiger partial charge in [0, 0.05) is 35.1 Å². The molecule has 32 heavy (non-hydrogen) atoms. The lowest BCUT2D eigenvalue weighted by molar-refractivity contribution is -0.129. The Morgan fingerprint density at radius 1 is 1.22 bits per heavy atom. The van der Waals surface area contributed by atoms with Crippen molar-refractivity contribution in [3.63, 3.8) is 0 Å². The summed E-state index contributed by atoms with van der Waals surface area (Å²) in [6.07, 6.45) is 2.29. The van der Waals surface area contributed by atoms with Gasteiger partial charge in [-0.3, -0.25) is 9.59 Å². The van der Waals surface area contributed by atoms with Crippen molar-refractivity contribution >= 4 is 45.7 Å². The summed E-state index contributed by atoms with van der Waals surface area (Å²) >= 11 is 3.07. The molecule has 1 fully saturated rings. The average Bonchev–Trinajstić information content (AvgIpc) is 3.39. The third kappa shape index (κ3) is 7.59. The number of hydrogen-bond donors (Lipinski definition) is 2. The van der Waals surface area contributed by atoms with Gasteiger partial charge in [0.15, 0.2) is 5.13 Å². The fourth-order valence-electron chi connectivity index (χ4n) is 3.37. The zero-order chi connectivity index (χ0) is 23.3. The van der Waals surface area contributed by atoms with Crippen LogP contribution in [-0.2, 0) is 33.6 Å². The number of nitrogens with one attached hydrogen (secondary N) is 2. The topological polar surface area (TPSA) is 101 Å². The fourth-order valence-corrected chi connectivity index (χ4v) is 5.17. The maximum absolute atomic E-state index is 12.7. The van der Waals surface area contributed by atoms with Crippen molar-refractivity contribution in [1.29, 1.82) is 0 Å². The summed E-state index contributed by atoms with van der Waals surface area (Å²) in [4.78, 5) is 44.2. The molecule has 0 bridgehead atoms. The minimum absolute atomic E-state index is 0.0753. The molecule has 1 aliphatic heterocycles. The van der Waals surface area contributed by atoms with Crippen molar-refractivity contribution in [2.45, 2.75) is 65.0 Å². The van der Waals surface area contributed by atoms with E-state index < -0.39 is 11.7 Å². The van der Waals surface area contributed by atoms with Crippen molar-refractivity contribution in [1.82, 2.24) is 15.2 Å². The largest absolute Gasteiger partial charge is 0.444 e. The minimum atomic E-state index is -0.539. The van der Waals surface area contributed by atoms with Gasteiger partial charge in [-0.2, -0.15) is 0 Å². The van der Waals surface area contributed by atoms with Crippen LogP contribution in [0.25, 0.3) is 0 Å². The van der Waals surface area contributed by atoms with Crippen molar-refractivity contribution in [2.24, 2.45) is 0 Å². The summed E-state index contributed by atoms with van der Waals surface area (Å²) in [6, 6.07) is 3.99. The van der Waals surface area contributed by atoms with Crippen LogP contribution < -0.4 is 10.6 Å². The van der Waals surface area contributed by atoms with Gasteiger partial charge < -0.3 is 20.3 Å². The molecule has 174 valence electrons. The molecule has 1 aliphatic rings. The summed E-state index contributed by atoms with van der Waals surface area (Å²) in [5, 5.41) is 8.13. The number of anilines is 1. The van der Waals surface area contributed by atoms with Crippen molar-refractivity contribution in [3.05, 3.63) is 33.0 Å². The number of aromatic nitrogens is 1. The highest BCUT2D eigenvalue weighted by molar-refractivity contribution is 7.14. The molecular weight excluding hydrogens is 448 g/mol. The van der Waals surface area contributed by atoms with Crippen LogP contribution in [0.15, 0.2) is 17.5 Å². The number of alkyl carbamates (subject to hydrolysis) is 1. The van der Waals surface area contributed by atoms with E-state index in [2.05, 4.69) is 21.7 Å². The zero-order valence-electron chi connectivity index (χ0n) is 18.9. The number of nitrogens with zero attached hydrogens (tertiary/aromatic N) is 2. The van der Waals surface area contributed by atoms with Crippen LogP contribution >= 0.6 is 22.7 Å². The summed E-state index contributed by atoms with van der Waals surface area (Å²) in [5.41, 5.74) is 0.410.